The molecule has 0 heterocycles. The fourth-order valence-electron chi connectivity index (χ4n) is 0.516. The Morgan fingerprint density at radius 2 is 2.18 bits per heavy atom. The minimum atomic E-state index is -3.16. The number of rotatable bonds is 4. The molecule has 0 aromatic carbocycles. The van der Waals surface area contributed by atoms with E-state index in [1.807, 2.05) is 0 Å². The van der Waals surface area contributed by atoms with Crippen LogP contribution in [0.15, 0.2) is 0 Å². The summed E-state index contributed by atoms with van der Waals surface area (Å²) in [5.74, 6) is 2.21. The highest BCUT2D eigenvalue weighted by Crippen LogP contribution is 2.01. The Hall–Kier alpha value is -0.530. The van der Waals surface area contributed by atoms with Crippen LogP contribution in [-0.4, -0.2) is 31.1 Å². The molecule has 1 unspecified atom stereocenters. The molecule has 3 nitrogen and oxygen atoms in total. The van der Waals surface area contributed by atoms with Crippen LogP contribution in [0.4, 0.5) is 0 Å². The summed E-state index contributed by atoms with van der Waals surface area (Å²) in [6.07, 6.45) is 5.12. The molecule has 1 atom stereocenters. The van der Waals surface area contributed by atoms with Crippen LogP contribution in [0.2, 0.25) is 0 Å². The molecule has 0 spiro atoms. The zero-order valence-corrected chi connectivity index (χ0v) is 7.26. The van der Waals surface area contributed by atoms with Crippen LogP contribution in [-0.2, 0) is 9.84 Å². The lowest BCUT2D eigenvalue weighted by Gasteiger charge is -2.07. The summed E-state index contributed by atoms with van der Waals surface area (Å²) in [7, 11) is -3.16. The van der Waals surface area contributed by atoms with Crippen molar-refractivity contribution in [3.05, 3.63) is 0 Å². The van der Waals surface area contributed by atoms with E-state index in [-0.39, 0.29) is 18.8 Å². The fraction of sp³-hybridized carbons (Fsp3) is 0.714. The summed E-state index contributed by atoms with van der Waals surface area (Å²) in [6.45, 7) is 1.12. The van der Waals surface area contributed by atoms with Crippen LogP contribution in [0.25, 0.3) is 0 Å². The Labute approximate surface area is 67.3 Å². The highest BCUT2D eigenvalue weighted by molar-refractivity contribution is 7.92. The average Bonchev–Trinajstić information content (AvgIpc) is 1.99. The summed E-state index contributed by atoms with van der Waals surface area (Å²) >= 11 is 0. The third-order valence-corrected chi connectivity index (χ3v) is 3.55. The Bertz CT molecular complexity index is 235. The van der Waals surface area contributed by atoms with Gasteiger partial charge in [-0.15, -0.1) is 12.3 Å². The molecule has 0 aliphatic rings. The Morgan fingerprint density at radius 1 is 1.64 bits per heavy atom. The SMILES string of the molecule is C#CCCS(=O)(=O)C(C)CO. The van der Waals surface area contributed by atoms with E-state index in [2.05, 4.69) is 5.92 Å². The van der Waals surface area contributed by atoms with Gasteiger partial charge in [-0.05, 0) is 6.92 Å². The van der Waals surface area contributed by atoms with Gasteiger partial charge in [0.15, 0.2) is 9.84 Å². The van der Waals surface area contributed by atoms with Crippen molar-refractivity contribution in [3.8, 4) is 12.3 Å². The van der Waals surface area contributed by atoms with Crippen molar-refractivity contribution in [1.29, 1.82) is 0 Å². The third kappa shape index (κ3) is 3.40. The number of hydrogen-bond donors (Lipinski definition) is 1. The first-order chi connectivity index (χ1) is 5.04. The summed E-state index contributed by atoms with van der Waals surface area (Å²) in [4.78, 5) is 0. The zero-order valence-electron chi connectivity index (χ0n) is 6.45. The Balaban J connectivity index is 4.14. The number of hydrogen-bond acceptors (Lipinski definition) is 3. The predicted molar refractivity (Wildman–Crippen MR) is 43.8 cm³/mol. The van der Waals surface area contributed by atoms with Crippen molar-refractivity contribution in [2.24, 2.45) is 0 Å². The topological polar surface area (TPSA) is 54.4 Å². The van der Waals surface area contributed by atoms with E-state index in [1.54, 1.807) is 0 Å². The number of terminal acetylenes is 1. The van der Waals surface area contributed by atoms with Crippen molar-refractivity contribution in [1.82, 2.24) is 0 Å². The molecule has 0 amide bonds. The summed E-state index contributed by atoms with van der Waals surface area (Å²) in [5, 5.41) is 7.84. The molecule has 1 N–H and O–H groups in total. The molecule has 4 heteroatoms. The van der Waals surface area contributed by atoms with Crippen LogP contribution in [0.3, 0.4) is 0 Å². The van der Waals surface area contributed by atoms with Crippen molar-refractivity contribution >= 4 is 9.84 Å². The molecule has 0 aromatic rings. The lowest BCUT2D eigenvalue weighted by molar-refractivity contribution is 0.295. The van der Waals surface area contributed by atoms with Crippen LogP contribution < -0.4 is 0 Å². The summed E-state index contributed by atoms with van der Waals surface area (Å²) in [5.41, 5.74) is 0. The molecule has 0 bridgehead atoms. The van der Waals surface area contributed by atoms with Crippen molar-refractivity contribution in [3.63, 3.8) is 0 Å². The summed E-state index contributed by atoms with van der Waals surface area (Å²) in [6, 6.07) is 0. The molecule has 0 saturated carbocycles. The maximum atomic E-state index is 11.1. The molecule has 0 rings (SSSR count). The average molecular weight is 176 g/mol. The molecule has 0 aliphatic carbocycles. The summed E-state index contributed by atoms with van der Waals surface area (Å²) < 4.78 is 22.1. The van der Waals surface area contributed by atoms with E-state index in [1.165, 1.54) is 6.92 Å². The van der Waals surface area contributed by atoms with Crippen LogP contribution in [0.1, 0.15) is 13.3 Å². The standard InChI is InChI=1S/C7H12O3S/c1-3-4-5-11(9,10)7(2)6-8/h1,7-8H,4-6H2,2H3. The van der Waals surface area contributed by atoms with Crippen molar-refractivity contribution in [2.75, 3.05) is 12.4 Å². The minimum Gasteiger partial charge on any atom is -0.395 e. The third-order valence-electron chi connectivity index (χ3n) is 1.40. The van der Waals surface area contributed by atoms with Gasteiger partial charge in [-0.1, -0.05) is 0 Å². The number of sulfone groups is 1. The van der Waals surface area contributed by atoms with Gasteiger partial charge < -0.3 is 5.11 Å². The van der Waals surface area contributed by atoms with Crippen molar-refractivity contribution in [2.45, 2.75) is 18.6 Å². The normalized spacial score (nSPS) is 13.9. The second kappa shape index (κ2) is 4.37. The molecule has 0 aromatic heterocycles. The van der Waals surface area contributed by atoms with Crippen LogP contribution >= 0.6 is 0 Å². The molecule has 64 valence electrons. The molecule has 11 heavy (non-hydrogen) atoms. The quantitative estimate of drug-likeness (QED) is 0.604. The number of aliphatic hydroxyl groups is 1. The molecule has 0 radical (unpaired) electrons. The maximum absolute atomic E-state index is 11.1. The van der Waals surface area contributed by atoms with Gasteiger partial charge >= 0.3 is 0 Å². The van der Waals surface area contributed by atoms with E-state index >= 15 is 0 Å². The van der Waals surface area contributed by atoms with Crippen molar-refractivity contribution < 1.29 is 13.5 Å². The van der Waals surface area contributed by atoms with Gasteiger partial charge in [0.05, 0.1) is 17.6 Å². The van der Waals surface area contributed by atoms with Gasteiger partial charge in [0.2, 0.25) is 0 Å². The minimum absolute atomic E-state index is 0.0365. The Kier molecular flexibility index (Phi) is 4.16. The highest BCUT2D eigenvalue weighted by Gasteiger charge is 2.18. The van der Waals surface area contributed by atoms with Crippen LogP contribution in [0.5, 0.6) is 0 Å². The maximum Gasteiger partial charge on any atom is 0.156 e. The molecular formula is C7H12O3S. The molecular weight excluding hydrogens is 164 g/mol. The van der Waals surface area contributed by atoms with E-state index in [0.29, 0.717) is 0 Å². The molecule has 0 aliphatic heterocycles. The lowest BCUT2D eigenvalue weighted by Crippen LogP contribution is -2.24. The zero-order chi connectivity index (χ0) is 8.91. The van der Waals surface area contributed by atoms with Gasteiger partial charge in [-0.25, -0.2) is 8.42 Å². The molecule has 0 fully saturated rings. The van der Waals surface area contributed by atoms with Gasteiger partial charge in [0, 0.05) is 6.42 Å². The van der Waals surface area contributed by atoms with E-state index in [0.717, 1.165) is 0 Å². The van der Waals surface area contributed by atoms with Gasteiger partial charge in [-0.2, -0.15) is 0 Å². The number of aliphatic hydroxyl groups excluding tert-OH is 1. The fourth-order valence-corrected chi connectivity index (χ4v) is 1.55. The lowest BCUT2D eigenvalue weighted by atomic mass is 10.5. The first-order valence-electron chi connectivity index (χ1n) is 3.30. The predicted octanol–water partition coefficient (Wildman–Crippen LogP) is -0.195. The van der Waals surface area contributed by atoms with E-state index < -0.39 is 15.1 Å². The van der Waals surface area contributed by atoms with E-state index in [9.17, 15) is 8.42 Å². The second-order valence-corrected chi connectivity index (χ2v) is 4.85. The second-order valence-electron chi connectivity index (χ2n) is 2.31. The largest absolute Gasteiger partial charge is 0.395 e. The van der Waals surface area contributed by atoms with Gasteiger partial charge in [0.1, 0.15) is 0 Å². The van der Waals surface area contributed by atoms with E-state index in [4.69, 9.17) is 11.5 Å². The van der Waals surface area contributed by atoms with Gasteiger partial charge in [-0.3, -0.25) is 0 Å². The molecule has 0 saturated heterocycles. The van der Waals surface area contributed by atoms with Crippen LogP contribution in [0, 0.1) is 12.3 Å². The smallest absolute Gasteiger partial charge is 0.156 e. The first-order valence-corrected chi connectivity index (χ1v) is 5.02. The highest BCUT2D eigenvalue weighted by atomic mass is 32.2. The monoisotopic (exact) mass is 176 g/mol. The Morgan fingerprint density at radius 3 is 2.55 bits per heavy atom. The first kappa shape index (κ1) is 10.5. The van der Waals surface area contributed by atoms with Gasteiger partial charge in [0.25, 0.3) is 0 Å².